The lowest BCUT2D eigenvalue weighted by Gasteiger charge is -2.34. The largest absolute Gasteiger partial charge is 0.384 e. The molecule has 2 aliphatic rings. The number of aromatic nitrogens is 2. The first-order valence-corrected chi connectivity index (χ1v) is 10.1. The number of hydrogen-bond acceptors (Lipinski definition) is 6. The van der Waals surface area contributed by atoms with Crippen molar-refractivity contribution in [2.45, 2.75) is 19.3 Å². The zero-order valence-electron chi connectivity index (χ0n) is 16.6. The molecule has 6 nitrogen and oxygen atoms in total. The molecule has 0 unspecified atom stereocenters. The molecule has 8 heteroatoms. The molecule has 1 saturated heterocycles. The van der Waals surface area contributed by atoms with Crippen LogP contribution in [-0.2, 0) is 0 Å². The van der Waals surface area contributed by atoms with Crippen molar-refractivity contribution >= 4 is 34.3 Å². The number of anilines is 2. The molecule has 2 aliphatic heterocycles. The standard InChI is InChI=1S/C21H27FN6.BrH/c22-17-15-25-21(26-16-17)28-13-11-27(12-14-28)10-4-3-8-23-20-7-9-24-19-6-2-1-5-18(19)20;/h1-2,5-6,15-16,24H,3-4,7-14H2;1H. The van der Waals surface area contributed by atoms with Gasteiger partial charge in [-0.05, 0) is 25.5 Å². The van der Waals surface area contributed by atoms with Crippen molar-refractivity contribution in [3.8, 4) is 0 Å². The molecule has 0 atom stereocenters. The van der Waals surface area contributed by atoms with Crippen molar-refractivity contribution in [2.75, 3.05) is 56.0 Å². The lowest BCUT2D eigenvalue weighted by molar-refractivity contribution is 0.252. The molecular formula is C21H28BrFN6. The summed E-state index contributed by atoms with van der Waals surface area (Å²) in [4.78, 5) is 17.6. The Morgan fingerprint density at radius 2 is 1.79 bits per heavy atom. The van der Waals surface area contributed by atoms with Crippen molar-refractivity contribution in [3.63, 3.8) is 0 Å². The molecule has 0 aliphatic carbocycles. The summed E-state index contributed by atoms with van der Waals surface area (Å²) in [6.07, 6.45) is 5.74. The van der Waals surface area contributed by atoms with Crippen LogP contribution in [0.1, 0.15) is 24.8 Å². The molecule has 1 fully saturated rings. The SMILES string of the molecule is Br.Fc1cnc(N2CCN(CCCCN=C3CCNc4ccccc43)CC2)nc1. The third kappa shape index (κ3) is 5.73. The predicted molar refractivity (Wildman–Crippen MR) is 121 cm³/mol. The van der Waals surface area contributed by atoms with Gasteiger partial charge < -0.3 is 10.2 Å². The van der Waals surface area contributed by atoms with Crippen molar-refractivity contribution in [3.05, 3.63) is 48.0 Å². The van der Waals surface area contributed by atoms with E-state index in [2.05, 4.69) is 49.4 Å². The molecule has 0 bridgehead atoms. The van der Waals surface area contributed by atoms with Gasteiger partial charge in [0.2, 0.25) is 5.95 Å². The maximum atomic E-state index is 12.9. The number of nitrogens with zero attached hydrogens (tertiary/aromatic N) is 5. The highest BCUT2D eigenvalue weighted by atomic mass is 79.9. The van der Waals surface area contributed by atoms with E-state index in [-0.39, 0.29) is 22.8 Å². The van der Waals surface area contributed by atoms with E-state index in [0.29, 0.717) is 5.95 Å². The van der Waals surface area contributed by atoms with Crippen molar-refractivity contribution in [1.82, 2.24) is 14.9 Å². The number of rotatable bonds is 6. The zero-order valence-corrected chi connectivity index (χ0v) is 18.3. The second-order valence-electron chi connectivity index (χ2n) is 7.29. The van der Waals surface area contributed by atoms with E-state index in [0.717, 1.165) is 65.1 Å². The highest BCUT2D eigenvalue weighted by Crippen LogP contribution is 2.21. The minimum atomic E-state index is -0.390. The van der Waals surface area contributed by atoms with E-state index in [9.17, 15) is 4.39 Å². The Labute approximate surface area is 182 Å². The number of benzene rings is 1. The average Bonchev–Trinajstić information content (AvgIpc) is 2.75. The summed E-state index contributed by atoms with van der Waals surface area (Å²) < 4.78 is 12.9. The Kier molecular flexibility index (Phi) is 7.94. The highest BCUT2D eigenvalue weighted by molar-refractivity contribution is 8.93. The Bertz CT molecular complexity index is 805. The topological polar surface area (TPSA) is 56.7 Å². The van der Waals surface area contributed by atoms with Crippen LogP contribution in [-0.4, -0.2) is 66.4 Å². The van der Waals surface area contributed by atoms with Crippen LogP contribution in [0.5, 0.6) is 0 Å². The number of fused-ring (bicyclic) bond motifs is 1. The van der Waals surface area contributed by atoms with Crippen LogP contribution in [0.15, 0.2) is 41.7 Å². The monoisotopic (exact) mass is 462 g/mol. The quantitative estimate of drug-likeness (QED) is 0.666. The third-order valence-electron chi connectivity index (χ3n) is 5.36. The first-order chi connectivity index (χ1) is 13.8. The molecule has 0 amide bonds. The zero-order chi connectivity index (χ0) is 19.2. The average molecular weight is 463 g/mol. The molecule has 4 rings (SSSR count). The van der Waals surface area contributed by atoms with Crippen LogP contribution >= 0.6 is 17.0 Å². The number of para-hydroxylation sites is 1. The minimum absolute atomic E-state index is 0. The van der Waals surface area contributed by atoms with Gasteiger partial charge in [-0.3, -0.25) is 9.89 Å². The fourth-order valence-corrected chi connectivity index (χ4v) is 3.80. The number of aliphatic imine (C=N–C) groups is 1. The molecule has 156 valence electrons. The molecule has 3 heterocycles. The van der Waals surface area contributed by atoms with Gasteiger partial charge in [0.05, 0.1) is 12.4 Å². The summed E-state index contributed by atoms with van der Waals surface area (Å²) in [7, 11) is 0. The highest BCUT2D eigenvalue weighted by Gasteiger charge is 2.18. The first-order valence-electron chi connectivity index (χ1n) is 10.1. The van der Waals surface area contributed by atoms with Gasteiger partial charge in [-0.2, -0.15) is 0 Å². The fraction of sp³-hybridized carbons (Fsp3) is 0.476. The number of hydrogen-bond donors (Lipinski definition) is 1. The van der Waals surface area contributed by atoms with Crippen LogP contribution in [0.3, 0.4) is 0 Å². The second-order valence-corrected chi connectivity index (χ2v) is 7.29. The molecule has 2 aromatic rings. The maximum absolute atomic E-state index is 12.9. The summed E-state index contributed by atoms with van der Waals surface area (Å²) in [6, 6.07) is 8.43. The molecule has 0 spiro atoms. The summed E-state index contributed by atoms with van der Waals surface area (Å²) >= 11 is 0. The molecule has 1 N–H and O–H groups in total. The summed E-state index contributed by atoms with van der Waals surface area (Å²) in [5.74, 6) is 0.234. The van der Waals surface area contributed by atoms with Gasteiger partial charge >= 0.3 is 0 Å². The summed E-state index contributed by atoms with van der Waals surface area (Å²) in [5, 5.41) is 3.44. The van der Waals surface area contributed by atoms with Gasteiger partial charge in [0.25, 0.3) is 0 Å². The number of piperazine rings is 1. The summed E-state index contributed by atoms with van der Waals surface area (Å²) in [6.45, 7) is 6.73. The Morgan fingerprint density at radius 1 is 1.03 bits per heavy atom. The van der Waals surface area contributed by atoms with E-state index < -0.39 is 0 Å². The normalized spacial score (nSPS) is 18.1. The van der Waals surface area contributed by atoms with E-state index in [4.69, 9.17) is 4.99 Å². The van der Waals surface area contributed by atoms with Gasteiger partial charge in [-0.15, -0.1) is 17.0 Å². The van der Waals surface area contributed by atoms with Crippen molar-refractivity contribution in [2.24, 2.45) is 4.99 Å². The molecular weight excluding hydrogens is 435 g/mol. The first kappa shape index (κ1) is 21.6. The van der Waals surface area contributed by atoms with Crippen LogP contribution < -0.4 is 10.2 Å². The number of halogens is 2. The van der Waals surface area contributed by atoms with Crippen LogP contribution in [0, 0.1) is 5.82 Å². The molecule has 1 aromatic heterocycles. The van der Waals surface area contributed by atoms with E-state index in [1.165, 1.54) is 29.4 Å². The van der Waals surface area contributed by atoms with Gasteiger partial charge in [-0.25, -0.2) is 14.4 Å². The van der Waals surface area contributed by atoms with Gasteiger partial charge in [-0.1, -0.05) is 18.2 Å². The third-order valence-corrected chi connectivity index (χ3v) is 5.36. The van der Waals surface area contributed by atoms with E-state index in [1.807, 2.05) is 0 Å². The molecule has 0 radical (unpaired) electrons. The fourth-order valence-electron chi connectivity index (χ4n) is 3.80. The second kappa shape index (κ2) is 10.6. The smallest absolute Gasteiger partial charge is 0.225 e. The molecule has 0 saturated carbocycles. The molecule has 29 heavy (non-hydrogen) atoms. The van der Waals surface area contributed by atoms with E-state index in [1.54, 1.807) is 0 Å². The van der Waals surface area contributed by atoms with Crippen LogP contribution in [0.4, 0.5) is 16.0 Å². The summed E-state index contributed by atoms with van der Waals surface area (Å²) in [5.41, 5.74) is 3.70. The van der Waals surface area contributed by atoms with E-state index >= 15 is 0 Å². The van der Waals surface area contributed by atoms with Gasteiger partial charge in [0, 0.05) is 62.7 Å². The number of nitrogens with one attached hydrogen (secondary N) is 1. The predicted octanol–water partition coefficient (Wildman–Crippen LogP) is 3.40. The molecule has 1 aromatic carbocycles. The van der Waals surface area contributed by atoms with Crippen molar-refractivity contribution in [1.29, 1.82) is 0 Å². The lowest BCUT2D eigenvalue weighted by atomic mass is 10.0. The number of unbranched alkanes of at least 4 members (excludes halogenated alkanes) is 1. The van der Waals surface area contributed by atoms with Crippen LogP contribution in [0.2, 0.25) is 0 Å². The van der Waals surface area contributed by atoms with Gasteiger partial charge in [0.1, 0.15) is 0 Å². The minimum Gasteiger partial charge on any atom is -0.384 e. The Hall–Kier alpha value is -2.06. The maximum Gasteiger partial charge on any atom is 0.225 e. The lowest BCUT2D eigenvalue weighted by Crippen LogP contribution is -2.47. The Morgan fingerprint density at radius 3 is 2.59 bits per heavy atom. The van der Waals surface area contributed by atoms with Gasteiger partial charge in [0.15, 0.2) is 5.82 Å². The Balaban J connectivity index is 0.00000240. The van der Waals surface area contributed by atoms with Crippen molar-refractivity contribution < 1.29 is 4.39 Å². The van der Waals surface area contributed by atoms with Crippen LogP contribution in [0.25, 0.3) is 0 Å².